The van der Waals surface area contributed by atoms with Gasteiger partial charge in [-0.1, -0.05) is 198 Å². The molecule has 1 aromatic heterocycles. The van der Waals surface area contributed by atoms with Crippen molar-refractivity contribution in [1.29, 1.82) is 0 Å². The second kappa shape index (κ2) is 16.6. The molecule has 13 rings (SSSR count). The van der Waals surface area contributed by atoms with E-state index in [9.17, 15) is 0 Å². The Labute approximate surface area is 399 Å². The molecule has 11 aromatic rings. The van der Waals surface area contributed by atoms with Crippen molar-refractivity contribution >= 4 is 38.9 Å². The molecule has 2 aliphatic carbocycles. The molecule has 10 aromatic carbocycles. The van der Waals surface area contributed by atoms with E-state index in [1.807, 2.05) is 13.8 Å². The standard InChI is InChI=1S/C64H46N2.C2H6/c1-64(2)60-20-8-6-16-56(60)57-34-27-46(40-61(57)64)43-24-30-51(31-25-43)66(50-28-22-42(23-29-50)41-12-4-3-5-13-41)52-32-35-54-49(39-52)38-48-37-45(26-33-53(48)54)44-14-10-15-47(36-44)55-18-11-19-59-58-17-7-9-21-62(58)65-63(55)59;1-2/h3-37,39-40,65H,38H2,1-2H3;1-2H3. The van der Waals surface area contributed by atoms with Gasteiger partial charge in [0.15, 0.2) is 0 Å². The molecule has 2 nitrogen and oxygen atoms in total. The van der Waals surface area contributed by atoms with Crippen molar-refractivity contribution in [3.63, 3.8) is 0 Å². The van der Waals surface area contributed by atoms with E-state index in [0.29, 0.717) is 0 Å². The summed E-state index contributed by atoms with van der Waals surface area (Å²) >= 11 is 0. The predicted molar refractivity (Wildman–Crippen MR) is 289 cm³/mol. The summed E-state index contributed by atoms with van der Waals surface area (Å²) in [5.74, 6) is 0. The molecular formula is C66H52N2. The summed E-state index contributed by atoms with van der Waals surface area (Å²) < 4.78 is 0. The summed E-state index contributed by atoms with van der Waals surface area (Å²) in [5.41, 5.74) is 26.3. The van der Waals surface area contributed by atoms with Crippen LogP contribution < -0.4 is 4.90 Å². The van der Waals surface area contributed by atoms with Gasteiger partial charge in [-0.2, -0.15) is 0 Å². The van der Waals surface area contributed by atoms with Crippen molar-refractivity contribution in [2.24, 2.45) is 0 Å². The van der Waals surface area contributed by atoms with Crippen molar-refractivity contribution in [3.8, 4) is 66.8 Å². The number of benzene rings is 10. The Balaban J connectivity index is 0.00000237. The molecule has 326 valence electrons. The van der Waals surface area contributed by atoms with Gasteiger partial charge in [-0.25, -0.2) is 0 Å². The number of rotatable bonds is 7. The highest BCUT2D eigenvalue weighted by atomic mass is 15.1. The first-order valence-electron chi connectivity index (χ1n) is 24.1. The first kappa shape index (κ1) is 41.2. The molecule has 68 heavy (non-hydrogen) atoms. The van der Waals surface area contributed by atoms with Crippen LogP contribution in [0.2, 0.25) is 0 Å². The maximum atomic E-state index is 3.71. The molecule has 0 radical (unpaired) electrons. The number of anilines is 3. The normalized spacial score (nSPS) is 12.8. The topological polar surface area (TPSA) is 19.0 Å². The van der Waals surface area contributed by atoms with Crippen molar-refractivity contribution < 1.29 is 0 Å². The van der Waals surface area contributed by atoms with Crippen LogP contribution in [0.5, 0.6) is 0 Å². The third-order valence-corrected chi connectivity index (χ3v) is 14.4. The predicted octanol–water partition coefficient (Wildman–Crippen LogP) is 18.4. The molecule has 0 saturated carbocycles. The van der Waals surface area contributed by atoms with Gasteiger partial charge >= 0.3 is 0 Å². The van der Waals surface area contributed by atoms with Crippen LogP contribution in [-0.2, 0) is 11.8 Å². The lowest BCUT2D eigenvalue weighted by Gasteiger charge is -2.27. The molecule has 0 fully saturated rings. The number of hydrogen-bond donors (Lipinski definition) is 1. The highest BCUT2D eigenvalue weighted by Crippen LogP contribution is 2.50. The number of hydrogen-bond acceptors (Lipinski definition) is 1. The van der Waals surface area contributed by atoms with Crippen LogP contribution in [0.1, 0.15) is 49.9 Å². The van der Waals surface area contributed by atoms with E-state index in [1.165, 1.54) is 111 Å². The monoisotopic (exact) mass is 872 g/mol. The van der Waals surface area contributed by atoms with Crippen LogP contribution in [0, 0.1) is 0 Å². The Bertz CT molecular complexity index is 3680. The van der Waals surface area contributed by atoms with Gasteiger partial charge in [-0.3, -0.25) is 0 Å². The summed E-state index contributed by atoms with van der Waals surface area (Å²) in [6.45, 7) is 8.71. The van der Waals surface area contributed by atoms with Gasteiger partial charge < -0.3 is 9.88 Å². The molecule has 0 saturated heterocycles. The molecule has 1 heterocycles. The summed E-state index contributed by atoms with van der Waals surface area (Å²) in [7, 11) is 0. The number of nitrogens with zero attached hydrogens (tertiary/aromatic N) is 1. The third kappa shape index (κ3) is 6.87. The zero-order valence-corrected chi connectivity index (χ0v) is 39.0. The van der Waals surface area contributed by atoms with E-state index in [0.717, 1.165) is 23.5 Å². The van der Waals surface area contributed by atoms with Crippen LogP contribution in [0.15, 0.2) is 224 Å². The lowest BCUT2D eigenvalue weighted by Crippen LogP contribution is -2.14. The van der Waals surface area contributed by atoms with E-state index in [-0.39, 0.29) is 5.41 Å². The molecule has 0 atom stereocenters. The average molecular weight is 873 g/mol. The molecule has 2 aliphatic rings. The fourth-order valence-electron chi connectivity index (χ4n) is 11.1. The number of aromatic amines is 1. The molecule has 0 unspecified atom stereocenters. The second-order valence-corrected chi connectivity index (χ2v) is 18.6. The summed E-state index contributed by atoms with van der Waals surface area (Å²) in [6.07, 6.45) is 0.888. The van der Waals surface area contributed by atoms with Gasteiger partial charge in [-0.05, 0) is 144 Å². The maximum Gasteiger partial charge on any atom is 0.0544 e. The van der Waals surface area contributed by atoms with Gasteiger partial charge in [0.25, 0.3) is 0 Å². The van der Waals surface area contributed by atoms with Crippen LogP contribution >= 0.6 is 0 Å². The molecule has 0 bridgehead atoms. The SMILES string of the molecule is CC.CC1(C)c2ccccc2-c2ccc(-c3ccc(N(c4ccc(-c5ccccc5)cc4)c4ccc5c(c4)Cc4cc(-c6cccc(-c7cccc8c7[nH]c7ccccc78)c6)ccc4-5)cc3)cc21. The number of H-pyrrole nitrogens is 1. The fraction of sp³-hybridized carbons (Fsp3) is 0.0909. The quantitative estimate of drug-likeness (QED) is 0.169. The zero-order chi connectivity index (χ0) is 45.9. The Morgan fingerprint density at radius 3 is 1.63 bits per heavy atom. The molecule has 0 amide bonds. The van der Waals surface area contributed by atoms with E-state index in [2.05, 4.69) is 248 Å². The van der Waals surface area contributed by atoms with Crippen molar-refractivity contribution in [3.05, 3.63) is 247 Å². The van der Waals surface area contributed by atoms with Crippen LogP contribution in [0.25, 0.3) is 88.6 Å². The highest BCUT2D eigenvalue weighted by molar-refractivity contribution is 6.12. The summed E-state index contributed by atoms with van der Waals surface area (Å²) in [4.78, 5) is 6.12. The lowest BCUT2D eigenvalue weighted by atomic mass is 9.81. The van der Waals surface area contributed by atoms with E-state index in [1.54, 1.807) is 0 Å². The van der Waals surface area contributed by atoms with Crippen molar-refractivity contribution in [2.45, 2.75) is 39.5 Å². The first-order chi connectivity index (χ1) is 33.4. The van der Waals surface area contributed by atoms with Gasteiger partial charge in [0, 0.05) is 44.3 Å². The zero-order valence-electron chi connectivity index (χ0n) is 39.0. The number of fused-ring (bicyclic) bond motifs is 9. The van der Waals surface area contributed by atoms with Gasteiger partial charge in [0.05, 0.1) is 5.52 Å². The van der Waals surface area contributed by atoms with E-state index < -0.39 is 0 Å². The Morgan fingerprint density at radius 2 is 0.853 bits per heavy atom. The van der Waals surface area contributed by atoms with E-state index >= 15 is 0 Å². The fourth-order valence-corrected chi connectivity index (χ4v) is 11.1. The highest BCUT2D eigenvalue weighted by Gasteiger charge is 2.35. The number of aromatic nitrogens is 1. The van der Waals surface area contributed by atoms with Gasteiger partial charge in [0.1, 0.15) is 0 Å². The Hall–Kier alpha value is -8.20. The summed E-state index contributed by atoms with van der Waals surface area (Å²) in [5, 5.41) is 2.52. The van der Waals surface area contributed by atoms with Gasteiger partial charge in [0.2, 0.25) is 0 Å². The number of nitrogens with one attached hydrogen (secondary N) is 1. The minimum atomic E-state index is -0.0426. The average Bonchev–Trinajstić information content (AvgIpc) is 4.04. The smallest absolute Gasteiger partial charge is 0.0544 e. The first-order valence-corrected chi connectivity index (χ1v) is 24.1. The molecule has 1 N–H and O–H groups in total. The Morgan fingerprint density at radius 1 is 0.353 bits per heavy atom. The van der Waals surface area contributed by atoms with Crippen molar-refractivity contribution in [1.82, 2.24) is 4.98 Å². The van der Waals surface area contributed by atoms with Crippen LogP contribution in [-0.4, -0.2) is 4.98 Å². The molecular weight excluding hydrogens is 821 g/mol. The molecule has 2 heteroatoms. The van der Waals surface area contributed by atoms with Crippen LogP contribution in [0.4, 0.5) is 17.1 Å². The minimum absolute atomic E-state index is 0.0426. The third-order valence-electron chi connectivity index (χ3n) is 14.4. The Kier molecular flexibility index (Phi) is 10.1. The molecule has 0 spiro atoms. The van der Waals surface area contributed by atoms with Gasteiger partial charge in [-0.15, -0.1) is 0 Å². The maximum absolute atomic E-state index is 3.71. The molecule has 0 aliphatic heterocycles. The van der Waals surface area contributed by atoms with E-state index in [4.69, 9.17) is 0 Å². The van der Waals surface area contributed by atoms with Crippen LogP contribution in [0.3, 0.4) is 0 Å². The minimum Gasteiger partial charge on any atom is -0.354 e. The lowest BCUT2D eigenvalue weighted by molar-refractivity contribution is 0.660. The number of para-hydroxylation sites is 2. The second-order valence-electron chi connectivity index (χ2n) is 18.6. The summed E-state index contributed by atoms with van der Waals surface area (Å²) in [6, 6.07) is 83.0. The largest absolute Gasteiger partial charge is 0.354 e. The van der Waals surface area contributed by atoms with Crippen molar-refractivity contribution in [2.75, 3.05) is 4.90 Å².